The highest BCUT2D eigenvalue weighted by Gasteiger charge is 2.35. The first-order chi connectivity index (χ1) is 9.91. The molecule has 1 aliphatic heterocycles. The molecule has 0 radical (unpaired) electrons. The van der Waals surface area contributed by atoms with Crippen molar-refractivity contribution in [2.24, 2.45) is 5.73 Å². The van der Waals surface area contributed by atoms with Crippen molar-refractivity contribution in [3.63, 3.8) is 0 Å². The number of aryl methyl sites for hydroxylation is 1. The second-order valence-electron chi connectivity index (χ2n) is 5.52. The number of nitrogens with two attached hydrogens (primary N) is 1. The van der Waals surface area contributed by atoms with E-state index in [-0.39, 0.29) is 12.1 Å². The number of hydrogen-bond acceptors (Lipinski definition) is 4. The molecule has 2 atom stereocenters. The number of ether oxygens (including phenoxy) is 1. The maximum Gasteiger partial charge on any atom is 0.244 e. The van der Waals surface area contributed by atoms with Gasteiger partial charge in [0.05, 0.1) is 12.1 Å². The van der Waals surface area contributed by atoms with E-state index in [0.717, 1.165) is 25.1 Å². The van der Waals surface area contributed by atoms with Crippen LogP contribution in [0.4, 0.5) is 0 Å². The van der Waals surface area contributed by atoms with E-state index in [1.165, 1.54) is 4.31 Å². The summed E-state index contributed by atoms with van der Waals surface area (Å²) in [5, 5.41) is 0. The lowest BCUT2D eigenvalue weighted by molar-refractivity contribution is 0.102. The maximum absolute atomic E-state index is 12.8. The van der Waals surface area contributed by atoms with Gasteiger partial charge in [0.25, 0.3) is 0 Å². The molecule has 2 unspecified atom stereocenters. The first kappa shape index (κ1) is 16.5. The highest BCUT2D eigenvalue weighted by atomic mass is 32.2. The standard InChI is InChI=1S/C14H25N3O3S/c1-4-6-17-10-13(8-12(17)9-15)21(18,19)16(3)14-5-7-20-11(14)2/h8,10-11,14H,4-7,9,15H2,1-3H3. The minimum Gasteiger partial charge on any atom is -0.377 e. The zero-order valence-electron chi connectivity index (χ0n) is 12.9. The molecule has 0 aliphatic carbocycles. The lowest BCUT2D eigenvalue weighted by Crippen LogP contribution is -2.40. The van der Waals surface area contributed by atoms with Crippen molar-refractivity contribution in [1.82, 2.24) is 8.87 Å². The van der Waals surface area contributed by atoms with Crippen LogP contribution in [-0.4, -0.2) is 43.1 Å². The van der Waals surface area contributed by atoms with Gasteiger partial charge >= 0.3 is 0 Å². The van der Waals surface area contributed by atoms with Gasteiger partial charge in [0.1, 0.15) is 4.90 Å². The molecule has 1 aromatic heterocycles. The van der Waals surface area contributed by atoms with Crippen LogP contribution in [0.3, 0.4) is 0 Å². The lowest BCUT2D eigenvalue weighted by atomic mass is 10.2. The summed E-state index contributed by atoms with van der Waals surface area (Å²) in [4.78, 5) is 0.318. The molecule has 2 rings (SSSR count). The fourth-order valence-electron chi connectivity index (χ4n) is 2.83. The largest absolute Gasteiger partial charge is 0.377 e. The molecule has 1 aliphatic rings. The fourth-order valence-corrected chi connectivity index (χ4v) is 4.34. The predicted molar refractivity (Wildman–Crippen MR) is 81.4 cm³/mol. The minimum atomic E-state index is -3.51. The molecule has 1 fully saturated rings. The normalized spacial score (nSPS) is 23.1. The minimum absolute atomic E-state index is 0.0727. The third-order valence-corrected chi connectivity index (χ3v) is 5.96. The Kier molecular flexibility index (Phi) is 5.08. The van der Waals surface area contributed by atoms with Crippen molar-refractivity contribution < 1.29 is 13.2 Å². The van der Waals surface area contributed by atoms with Gasteiger partial charge in [0.15, 0.2) is 0 Å². The van der Waals surface area contributed by atoms with Crippen LogP contribution in [0.5, 0.6) is 0 Å². The number of nitrogens with zero attached hydrogens (tertiary/aromatic N) is 2. The third-order valence-electron chi connectivity index (χ3n) is 4.11. The van der Waals surface area contributed by atoms with Crippen molar-refractivity contribution in [3.05, 3.63) is 18.0 Å². The van der Waals surface area contributed by atoms with E-state index in [9.17, 15) is 8.42 Å². The molecule has 2 heterocycles. The molecular formula is C14H25N3O3S. The van der Waals surface area contributed by atoms with E-state index < -0.39 is 10.0 Å². The molecule has 6 nitrogen and oxygen atoms in total. The van der Waals surface area contributed by atoms with Gasteiger partial charge in [-0.15, -0.1) is 0 Å². The van der Waals surface area contributed by atoms with Crippen molar-refractivity contribution in [1.29, 1.82) is 0 Å². The summed E-state index contributed by atoms with van der Waals surface area (Å²) in [6.45, 7) is 5.68. The van der Waals surface area contributed by atoms with Crippen LogP contribution < -0.4 is 5.73 Å². The molecule has 0 amide bonds. The quantitative estimate of drug-likeness (QED) is 0.854. The van der Waals surface area contributed by atoms with Crippen molar-refractivity contribution in [2.45, 2.75) is 56.8 Å². The van der Waals surface area contributed by atoms with Gasteiger partial charge in [-0.3, -0.25) is 0 Å². The molecule has 2 N–H and O–H groups in total. The Hall–Kier alpha value is -0.890. The van der Waals surface area contributed by atoms with Crippen molar-refractivity contribution in [3.8, 4) is 0 Å². The summed E-state index contributed by atoms with van der Waals surface area (Å²) in [6, 6.07) is 1.58. The van der Waals surface area contributed by atoms with Crippen molar-refractivity contribution in [2.75, 3.05) is 13.7 Å². The molecule has 1 saturated heterocycles. The molecule has 0 aromatic carbocycles. The zero-order valence-corrected chi connectivity index (χ0v) is 13.8. The van der Waals surface area contributed by atoms with Gasteiger partial charge in [-0.2, -0.15) is 4.31 Å². The summed E-state index contributed by atoms with van der Waals surface area (Å²) in [6.07, 6.45) is 3.29. The van der Waals surface area contributed by atoms with Crippen molar-refractivity contribution >= 4 is 10.0 Å². The van der Waals surface area contributed by atoms with E-state index in [1.807, 2.05) is 11.5 Å². The second-order valence-corrected chi connectivity index (χ2v) is 7.52. The number of sulfonamides is 1. The molecule has 21 heavy (non-hydrogen) atoms. The summed E-state index contributed by atoms with van der Waals surface area (Å²) in [5.41, 5.74) is 6.56. The number of hydrogen-bond donors (Lipinski definition) is 1. The van der Waals surface area contributed by atoms with Gasteiger partial charge in [-0.25, -0.2) is 8.42 Å². The smallest absolute Gasteiger partial charge is 0.244 e. The average Bonchev–Trinajstić information content (AvgIpc) is 3.04. The molecule has 120 valence electrons. The Bertz CT molecular complexity index is 582. The van der Waals surface area contributed by atoms with Crippen LogP contribution in [-0.2, 0) is 27.8 Å². The molecular weight excluding hydrogens is 290 g/mol. The fraction of sp³-hybridized carbons (Fsp3) is 0.714. The molecule has 7 heteroatoms. The van der Waals surface area contributed by atoms with E-state index >= 15 is 0 Å². The maximum atomic E-state index is 12.8. The Labute approximate surface area is 126 Å². The third kappa shape index (κ3) is 3.15. The molecule has 0 saturated carbocycles. The van der Waals surface area contributed by atoms with E-state index in [0.29, 0.717) is 18.0 Å². The van der Waals surface area contributed by atoms with E-state index in [2.05, 4.69) is 6.92 Å². The monoisotopic (exact) mass is 315 g/mol. The van der Waals surface area contributed by atoms with Crippen LogP contribution in [0.2, 0.25) is 0 Å². The highest BCUT2D eigenvalue weighted by Crippen LogP contribution is 2.26. The first-order valence-electron chi connectivity index (χ1n) is 7.40. The van der Waals surface area contributed by atoms with Crippen LogP contribution in [0.1, 0.15) is 32.4 Å². The highest BCUT2D eigenvalue weighted by molar-refractivity contribution is 7.89. The molecule has 0 spiro atoms. The second kappa shape index (κ2) is 6.48. The Morgan fingerprint density at radius 2 is 2.24 bits per heavy atom. The summed E-state index contributed by atoms with van der Waals surface area (Å²) in [5.74, 6) is 0. The summed E-state index contributed by atoms with van der Waals surface area (Å²) < 4.78 is 34.4. The predicted octanol–water partition coefficient (Wildman–Crippen LogP) is 1.15. The Morgan fingerprint density at radius 3 is 2.76 bits per heavy atom. The topological polar surface area (TPSA) is 77.6 Å². The molecule has 1 aromatic rings. The average molecular weight is 315 g/mol. The van der Waals surface area contributed by atoms with E-state index in [1.54, 1.807) is 19.3 Å². The Balaban J connectivity index is 2.30. The van der Waals surface area contributed by atoms with Crippen LogP contribution >= 0.6 is 0 Å². The summed E-state index contributed by atoms with van der Waals surface area (Å²) in [7, 11) is -1.88. The number of rotatable bonds is 6. The zero-order chi connectivity index (χ0) is 15.6. The SMILES string of the molecule is CCCn1cc(S(=O)(=O)N(C)C2CCOC2C)cc1CN. The Morgan fingerprint density at radius 1 is 1.52 bits per heavy atom. The van der Waals surface area contributed by atoms with Gasteiger partial charge in [0.2, 0.25) is 10.0 Å². The number of aromatic nitrogens is 1. The number of likely N-dealkylation sites (N-methyl/N-ethyl adjacent to an activating group) is 1. The van der Waals surface area contributed by atoms with Gasteiger partial charge in [-0.05, 0) is 25.8 Å². The van der Waals surface area contributed by atoms with Crippen LogP contribution in [0.25, 0.3) is 0 Å². The lowest BCUT2D eigenvalue weighted by Gasteiger charge is -2.25. The van der Waals surface area contributed by atoms with E-state index in [4.69, 9.17) is 10.5 Å². The first-order valence-corrected chi connectivity index (χ1v) is 8.84. The molecule has 0 bridgehead atoms. The van der Waals surface area contributed by atoms with Crippen LogP contribution in [0.15, 0.2) is 17.2 Å². The van der Waals surface area contributed by atoms with Crippen LogP contribution in [0, 0.1) is 0 Å². The van der Waals surface area contributed by atoms with Gasteiger partial charge in [0, 0.05) is 38.6 Å². The van der Waals surface area contributed by atoms with Gasteiger partial charge in [-0.1, -0.05) is 6.92 Å². The van der Waals surface area contributed by atoms with Gasteiger partial charge < -0.3 is 15.0 Å². The summed E-state index contributed by atoms with van der Waals surface area (Å²) >= 11 is 0.